The van der Waals surface area contributed by atoms with Crippen molar-refractivity contribution in [1.82, 2.24) is 20.0 Å². The molecule has 3 aromatic rings. The third-order valence-corrected chi connectivity index (χ3v) is 4.54. The molecule has 0 N–H and O–H groups in total. The summed E-state index contributed by atoms with van der Waals surface area (Å²) in [6.07, 6.45) is 4.54. The largest absolute Gasteiger partial charge is 0.480 e. The zero-order chi connectivity index (χ0) is 19.3. The summed E-state index contributed by atoms with van der Waals surface area (Å²) >= 11 is 0. The van der Waals surface area contributed by atoms with Crippen LogP contribution in [0.2, 0.25) is 0 Å². The molecule has 1 aliphatic rings. The highest BCUT2D eigenvalue weighted by Gasteiger charge is 2.28. The Kier molecular flexibility index (Phi) is 5.18. The van der Waals surface area contributed by atoms with E-state index in [1.807, 2.05) is 30.3 Å². The van der Waals surface area contributed by atoms with Gasteiger partial charge >= 0.3 is 0 Å². The number of amides is 1. The van der Waals surface area contributed by atoms with E-state index in [1.165, 1.54) is 19.5 Å². The highest BCUT2D eigenvalue weighted by Crippen LogP contribution is 2.23. The first-order valence-electron chi connectivity index (χ1n) is 9.07. The molecule has 1 amide bonds. The average Bonchev–Trinajstić information content (AvgIpc) is 3.24. The van der Waals surface area contributed by atoms with Gasteiger partial charge < -0.3 is 18.9 Å². The molecule has 1 unspecified atom stereocenters. The molecule has 8 heteroatoms. The Morgan fingerprint density at radius 1 is 1.21 bits per heavy atom. The Morgan fingerprint density at radius 3 is 2.86 bits per heavy atom. The predicted molar refractivity (Wildman–Crippen MR) is 100 cm³/mol. The lowest BCUT2D eigenvalue weighted by Gasteiger charge is -2.32. The zero-order valence-electron chi connectivity index (χ0n) is 15.4. The van der Waals surface area contributed by atoms with Gasteiger partial charge in [0.1, 0.15) is 6.10 Å². The van der Waals surface area contributed by atoms with Crippen LogP contribution in [0, 0.1) is 0 Å². The number of likely N-dealkylation sites (tertiary alicyclic amines) is 1. The molecule has 0 spiro atoms. The topological polar surface area (TPSA) is 90.6 Å². The van der Waals surface area contributed by atoms with Crippen LogP contribution in [-0.2, 0) is 0 Å². The van der Waals surface area contributed by atoms with Crippen LogP contribution < -0.4 is 9.47 Å². The number of ether oxygens (including phenoxy) is 2. The molecule has 1 aromatic carbocycles. The fourth-order valence-corrected chi connectivity index (χ4v) is 3.15. The number of rotatable bonds is 5. The van der Waals surface area contributed by atoms with Crippen molar-refractivity contribution in [2.24, 2.45) is 0 Å². The Balaban J connectivity index is 1.43. The summed E-state index contributed by atoms with van der Waals surface area (Å²) in [5, 5.41) is 3.95. The minimum Gasteiger partial charge on any atom is -0.480 e. The number of benzene rings is 1. The smallest absolute Gasteiger partial charge is 0.276 e. The van der Waals surface area contributed by atoms with Gasteiger partial charge in [0.15, 0.2) is 11.5 Å². The van der Waals surface area contributed by atoms with E-state index in [1.54, 1.807) is 11.0 Å². The molecule has 4 rings (SSSR count). The van der Waals surface area contributed by atoms with Crippen molar-refractivity contribution in [3.63, 3.8) is 0 Å². The third kappa shape index (κ3) is 3.95. The Labute approximate surface area is 162 Å². The van der Waals surface area contributed by atoms with Crippen LogP contribution in [0.5, 0.6) is 11.8 Å². The first-order valence-corrected chi connectivity index (χ1v) is 9.07. The lowest BCUT2D eigenvalue weighted by molar-refractivity contribution is 0.0516. The van der Waals surface area contributed by atoms with Crippen LogP contribution in [-0.4, -0.2) is 52.2 Å². The number of hydrogen-bond acceptors (Lipinski definition) is 7. The number of piperidine rings is 1. The van der Waals surface area contributed by atoms with Gasteiger partial charge in [-0.1, -0.05) is 35.5 Å². The van der Waals surface area contributed by atoms with E-state index in [9.17, 15) is 4.79 Å². The first kappa shape index (κ1) is 18.0. The molecule has 0 saturated carbocycles. The van der Waals surface area contributed by atoms with E-state index in [4.69, 9.17) is 14.0 Å². The van der Waals surface area contributed by atoms with Crippen molar-refractivity contribution in [3.05, 3.63) is 54.5 Å². The zero-order valence-corrected chi connectivity index (χ0v) is 15.4. The molecule has 3 heterocycles. The molecule has 1 atom stereocenters. The molecule has 1 aliphatic heterocycles. The molecule has 0 radical (unpaired) electrons. The highest BCUT2D eigenvalue weighted by atomic mass is 16.5. The van der Waals surface area contributed by atoms with Crippen molar-refractivity contribution >= 4 is 5.91 Å². The molecular weight excluding hydrogens is 360 g/mol. The van der Waals surface area contributed by atoms with E-state index in [0.29, 0.717) is 36.3 Å². The molecule has 28 heavy (non-hydrogen) atoms. The maximum absolute atomic E-state index is 12.8. The predicted octanol–water partition coefficient (Wildman–Crippen LogP) is 2.82. The highest BCUT2D eigenvalue weighted by molar-refractivity contribution is 5.93. The molecule has 0 aliphatic carbocycles. The van der Waals surface area contributed by atoms with E-state index < -0.39 is 0 Å². The third-order valence-electron chi connectivity index (χ3n) is 4.54. The van der Waals surface area contributed by atoms with Gasteiger partial charge in [-0.2, -0.15) is 4.98 Å². The molecule has 0 bridgehead atoms. The second kappa shape index (κ2) is 8.08. The summed E-state index contributed by atoms with van der Waals surface area (Å²) < 4.78 is 16.3. The normalized spacial score (nSPS) is 16.6. The van der Waals surface area contributed by atoms with Crippen LogP contribution >= 0.6 is 0 Å². The second-order valence-corrected chi connectivity index (χ2v) is 6.48. The van der Waals surface area contributed by atoms with Crippen LogP contribution in [0.1, 0.15) is 23.3 Å². The minimum atomic E-state index is -0.170. The maximum atomic E-state index is 12.8. The first-order chi connectivity index (χ1) is 13.7. The SMILES string of the molecule is COc1cncc(OC2CCCN(C(=O)c3cc(-c4ccccc4)on3)C2)n1. The van der Waals surface area contributed by atoms with Crippen LogP contribution in [0.3, 0.4) is 0 Å². The van der Waals surface area contributed by atoms with Crippen molar-refractivity contribution < 1.29 is 18.8 Å². The summed E-state index contributed by atoms with van der Waals surface area (Å²) in [4.78, 5) is 22.8. The Morgan fingerprint density at radius 2 is 2.04 bits per heavy atom. The molecule has 8 nitrogen and oxygen atoms in total. The molecule has 1 saturated heterocycles. The van der Waals surface area contributed by atoms with Gasteiger partial charge in [0.2, 0.25) is 11.8 Å². The number of hydrogen-bond donors (Lipinski definition) is 0. The fraction of sp³-hybridized carbons (Fsp3) is 0.300. The maximum Gasteiger partial charge on any atom is 0.276 e. The molecule has 1 fully saturated rings. The molecule has 144 valence electrons. The van der Waals surface area contributed by atoms with Crippen molar-refractivity contribution in [3.8, 4) is 23.1 Å². The lowest BCUT2D eigenvalue weighted by Crippen LogP contribution is -2.44. The van der Waals surface area contributed by atoms with Gasteiger partial charge in [-0.25, -0.2) is 0 Å². The lowest BCUT2D eigenvalue weighted by atomic mass is 10.1. The number of methoxy groups -OCH3 is 1. The summed E-state index contributed by atoms with van der Waals surface area (Å²) in [5.74, 6) is 1.17. The average molecular weight is 380 g/mol. The van der Waals surface area contributed by atoms with Gasteiger partial charge in [-0.3, -0.25) is 9.78 Å². The van der Waals surface area contributed by atoms with E-state index in [0.717, 1.165) is 18.4 Å². The van der Waals surface area contributed by atoms with E-state index in [-0.39, 0.29) is 12.0 Å². The van der Waals surface area contributed by atoms with E-state index in [2.05, 4.69) is 15.1 Å². The van der Waals surface area contributed by atoms with Gasteiger partial charge in [0.25, 0.3) is 5.91 Å². The van der Waals surface area contributed by atoms with Gasteiger partial charge in [0, 0.05) is 18.2 Å². The summed E-state index contributed by atoms with van der Waals surface area (Å²) in [6.45, 7) is 1.10. The summed E-state index contributed by atoms with van der Waals surface area (Å²) in [5.41, 5.74) is 1.17. The van der Waals surface area contributed by atoms with Crippen molar-refractivity contribution in [2.75, 3.05) is 20.2 Å². The summed E-state index contributed by atoms with van der Waals surface area (Å²) in [6, 6.07) is 11.2. The number of carbonyl (C=O) groups is 1. The van der Waals surface area contributed by atoms with Gasteiger partial charge in [-0.15, -0.1) is 0 Å². The number of aromatic nitrogens is 3. The fourth-order valence-electron chi connectivity index (χ4n) is 3.15. The molecule has 2 aromatic heterocycles. The minimum absolute atomic E-state index is 0.167. The Hall–Kier alpha value is -3.42. The van der Waals surface area contributed by atoms with E-state index >= 15 is 0 Å². The number of nitrogens with zero attached hydrogens (tertiary/aromatic N) is 4. The van der Waals surface area contributed by atoms with Gasteiger partial charge in [-0.05, 0) is 12.8 Å². The standard InChI is InChI=1S/C20H20N4O4/c1-26-18-11-21-12-19(22-18)27-15-8-5-9-24(13-15)20(25)16-10-17(28-23-16)14-6-3-2-4-7-14/h2-4,6-7,10-12,15H,5,8-9,13H2,1H3. The monoisotopic (exact) mass is 380 g/mol. The second-order valence-electron chi connectivity index (χ2n) is 6.48. The van der Waals surface area contributed by atoms with Crippen LogP contribution in [0.15, 0.2) is 53.3 Å². The molecular formula is C20H20N4O4. The van der Waals surface area contributed by atoms with Crippen molar-refractivity contribution in [1.29, 1.82) is 0 Å². The quantitative estimate of drug-likeness (QED) is 0.672. The van der Waals surface area contributed by atoms with Gasteiger partial charge in [0.05, 0.1) is 26.0 Å². The van der Waals surface area contributed by atoms with Crippen LogP contribution in [0.25, 0.3) is 11.3 Å². The number of carbonyl (C=O) groups excluding carboxylic acids is 1. The van der Waals surface area contributed by atoms with Crippen molar-refractivity contribution in [2.45, 2.75) is 18.9 Å². The summed E-state index contributed by atoms with van der Waals surface area (Å²) in [7, 11) is 1.52. The Bertz CT molecular complexity index is 944. The van der Waals surface area contributed by atoms with Crippen LogP contribution in [0.4, 0.5) is 0 Å².